The number of rotatable bonds is 2. The van der Waals surface area contributed by atoms with E-state index in [2.05, 4.69) is 27.9 Å². The van der Waals surface area contributed by atoms with Crippen LogP contribution in [0.3, 0.4) is 0 Å². The van der Waals surface area contributed by atoms with Crippen molar-refractivity contribution in [3.63, 3.8) is 0 Å². The van der Waals surface area contributed by atoms with Crippen LogP contribution in [-0.4, -0.2) is 49.1 Å². The molecule has 3 atom stereocenters. The number of anilines is 1. The molecule has 130 valence electrons. The van der Waals surface area contributed by atoms with Crippen LogP contribution in [0.2, 0.25) is 5.02 Å². The van der Waals surface area contributed by atoms with Crippen LogP contribution in [0, 0.1) is 5.92 Å². The van der Waals surface area contributed by atoms with E-state index in [0.717, 1.165) is 37.6 Å². The number of hydrogen-bond donors (Lipinski definition) is 2. The molecule has 0 radical (unpaired) electrons. The van der Waals surface area contributed by atoms with Crippen molar-refractivity contribution in [2.75, 3.05) is 31.1 Å². The molecule has 2 saturated heterocycles. The topological polar surface area (TPSA) is 47.6 Å². The van der Waals surface area contributed by atoms with E-state index in [0.29, 0.717) is 12.0 Å². The Hall–Kier alpha value is -1.30. The normalized spacial score (nSPS) is 30.3. The first-order chi connectivity index (χ1) is 11.7. The number of hydrazine groups is 1. The van der Waals surface area contributed by atoms with Crippen molar-refractivity contribution >= 4 is 23.2 Å². The Morgan fingerprint density at radius 3 is 2.46 bits per heavy atom. The van der Waals surface area contributed by atoms with Gasteiger partial charge in [-0.1, -0.05) is 24.4 Å². The van der Waals surface area contributed by atoms with Crippen molar-refractivity contribution in [2.24, 2.45) is 5.92 Å². The van der Waals surface area contributed by atoms with Gasteiger partial charge in [0.15, 0.2) is 0 Å². The number of fused-ring (bicyclic) bond motifs is 1. The van der Waals surface area contributed by atoms with Crippen LogP contribution >= 0.6 is 11.6 Å². The molecule has 1 aromatic carbocycles. The highest BCUT2D eigenvalue weighted by atomic mass is 35.5. The van der Waals surface area contributed by atoms with Gasteiger partial charge in [-0.3, -0.25) is 10.2 Å². The Kier molecular flexibility index (Phi) is 4.66. The van der Waals surface area contributed by atoms with E-state index in [1.165, 1.54) is 24.9 Å². The van der Waals surface area contributed by atoms with E-state index in [4.69, 9.17) is 11.6 Å². The number of nitrogens with zero attached hydrogens (tertiary/aromatic N) is 2. The van der Waals surface area contributed by atoms with E-state index in [9.17, 15) is 4.79 Å². The molecular weight excluding hydrogens is 324 g/mol. The van der Waals surface area contributed by atoms with Gasteiger partial charge < -0.3 is 9.80 Å². The van der Waals surface area contributed by atoms with Crippen molar-refractivity contribution in [3.8, 4) is 0 Å². The molecule has 24 heavy (non-hydrogen) atoms. The number of carbonyl (C=O) groups excluding carboxylic acids is 1. The van der Waals surface area contributed by atoms with Crippen molar-refractivity contribution in [1.29, 1.82) is 0 Å². The first kappa shape index (κ1) is 16.2. The first-order valence-corrected chi connectivity index (χ1v) is 9.40. The number of hydrogen-bond acceptors (Lipinski definition) is 4. The molecular formula is C18H25ClN4O. The van der Waals surface area contributed by atoms with E-state index in [1.54, 1.807) is 0 Å². The third kappa shape index (κ3) is 3.13. The third-order valence-electron chi connectivity index (χ3n) is 5.72. The molecule has 0 bridgehead atoms. The second-order valence-electron chi connectivity index (χ2n) is 7.11. The minimum absolute atomic E-state index is 0.0441. The summed E-state index contributed by atoms with van der Waals surface area (Å²) in [5.41, 5.74) is 7.80. The van der Waals surface area contributed by atoms with Gasteiger partial charge in [0.1, 0.15) is 6.04 Å². The largest absolute Gasteiger partial charge is 0.368 e. The predicted molar refractivity (Wildman–Crippen MR) is 96.1 cm³/mol. The molecule has 1 amide bonds. The molecule has 0 spiro atoms. The lowest BCUT2D eigenvalue weighted by atomic mass is 9.81. The van der Waals surface area contributed by atoms with Gasteiger partial charge >= 0.3 is 0 Å². The minimum Gasteiger partial charge on any atom is -0.368 e. The monoisotopic (exact) mass is 348 g/mol. The van der Waals surface area contributed by atoms with Gasteiger partial charge in [0, 0.05) is 48.8 Å². The van der Waals surface area contributed by atoms with Crippen LogP contribution in [-0.2, 0) is 4.79 Å². The second-order valence-corrected chi connectivity index (χ2v) is 7.55. The number of benzene rings is 1. The summed E-state index contributed by atoms with van der Waals surface area (Å²) in [5, 5.41) is 0.759. The summed E-state index contributed by atoms with van der Waals surface area (Å²) in [5.74, 6) is 0.730. The predicted octanol–water partition coefficient (Wildman–Crippen LogP) is 2.02. The number of halogens is 1. The molecule has 2 aliphatic heterocycles. The number of nitrogens with one attached hydrogen (secondary N) is 2. The zero-order valence-corrected chi connectivity index (χ0v) is 14.6. The summed E-state index contributed by atoms with van der Waals surface area (Å²) in [6.07, 6.45) is 4.87. The molecule has 3 fully saturated rings. The van der Waals surface area contributed by atoms with Crippen LogP contribution in [0.4, 0.5) is 5.69 Å². The van der Waals surface area contributed by atoms with Crippen LogP contribution < -0.4 is 15.8 Å². The van der Waals surface area contributed by atoms with Gasteiger partial charge in [0.05, 0.1) is 0 Å². The molecule has 0 aromatic heterocycles. The van der Waals surface area contributed by atoms with Gasteiger partial charge in [-0.15, -0.1) is 0 Å². The van der Waals surface area contributed by atoms with Gasteiger partial charge in [-0.2, -0.15) is 0 Å². The lowest BCUT2D eigenvalue weighted by Gasteiger charge is -2.38. The fourth-order valence-electron chi connectivity index (χ4n) is 4.32. The zero-order chi connectivity index (χ0) is 16.5. The summed E-state index contributed by atoms with van der Waals surface area (Å²) in [7, 11) is 0. The van der Waals surface area contributed by atoms with E-state index >= 15 is 0 Å². The highest BCUT2D eigenvalue weighted by molar-refractivity contribution is 6.30. The molecule has 6 heteroatoms. The van der Waals surface area contributed by atoms with Crippen LogP contribution in [0.1, 0.15) is 25.7 Å². The lowest BCUT2D eigenvalue weighted by molar-refractivity contribution is -0.134. The lowest BCUT2D eigenvalue weighted by Crippen LogP contribution is -2.55. The van der Waals surface area contributed by atoms with Crippen molar-refractivity contribution < 1.29 is 4.79 Å². The third-order valence-corrected chi connectivity index (χ3v) is 5.97. The fraction of sp³-hybridized carbons (Fsp3) is 0.611. The smallest absolute Gasteiger partial charge is 0.241 e. The quantitative estimate of drug-likeness (QED) is 0.858. The van der Waals surface area contributed by atoms with Gasteiger partial charge in [0.2, 0.25) is 5.91 Å². The Balaban J connectivity index is 1.35. The molecule has 1 aromatic rings. The summed E-state index contributed by atoms with van der Waals surface area (Å²) < 4.78 is 0. The van der Waals surface area contributed by atoms with Crippen molar-refractivity contribution in [1.82, 2.24) is 15.8 Å². The van der Waals surface area contributed by atoms with Gasteiger partial charge in [-0.25, -0.2) is 5.43 Å². The standard InChI is InChI=1S/C18H25ClN4O/c19-13-5-7-14(8-6-13)22-9-11-23(12-10-22)18(24)17-15-3-1-2-4-16(15)20-21-17/h5-8,15-17,20-21H,1-4,9-12H2. The highest BCUT2D eigenvalue weighted by Crippen LogP contribution is 2.31. The minimum atomic E-state index is -0.0441. The summed E-state index contributed by atoms with van der Waals surface area (Å²) in [6, 6.07) is 8.38. The molecule has 3 unspecified atom stereocenters. The average molecular weight is 349 g/mol. The van der Waals surface area contributed by atoms with Crippen molar-refractivity contribution in [3.05, 3.63) is 29.3 Å². The highest BCUT2D eigenvalue weighted by Gasteiger charge is 2.42. The first-order valence-electron chi connectivity index (χ1n) is 9.03. The molecule has 2 N–H and O–H groups in total. The summed E-state index contributed by atoms with van der Waals surface area (Å²) >= 11 is 5.96. The number of amides is 1. The summed E-state index contributed by atoms with van der Waals surface area (Å²) in [6.45, 7) is 3.33. The zero-order valence-electron chi connectivity index (χ0n) is 13.9. The van der Waals surface area contributed by atoms with Crippen LogP contribution in [0.25, 0.3) is 0 Å². The fourth-order valence-corrected chi connectivity index (χ4v) is 4.45. The van der Waals surface area contributed by atoms with Gasteiger partial charge in [-0.05, 0) is 37.1 Å². The molecule has 3 aliphatic rings. The molecule has 1 saturated carbocycles. The molecule has 2 heterocycles. The van der Waals surface area contributed by atoms with E-state index < -0.39 is 0 Å². The Morgan fingerprint density at radius 2 is 1.71 bits per heavy atom. The SMILES string of the molecule is O=C(C1NNC2CCCCC21)N1CCN(c2ccc(Cl)cc2)CC1. The molecule has 4 rings (SSSR count). The Morgan fingerprint density at radius 1 is 1.00 bits per heavy atom. The maximum Gasteiger partial charge on any atom is 0.241 e. The molecule has 5 nitrogen and oxygen atoms in total. The average Bonchev–Trinajstić information content (AvgIpc) is 3.06. The van der Waals surface area contributed by atoms with Crippen molar-refractivity contribution in [2.45, 2.75) is 37.8 Å². The number of carbonyl (C=O) groups is 1. The molecule has 1 aliphatic carbocycles. The number of piperazine rings is 1. The maximum absolute atomic E-state index is 12.9. The van der Waals surface area contributed by atoms with Crippen LogP contribution in [0.5, 0.6) is 0 Å². The Labute approximate surface area is 148 Å². The summed E-state index contributed by atoms with van der Waals surface area (Å²) in [4.78, 5) is 17.3. The van der Waals surface area contributed by atoms with E-state index in [-0.39, 0.29) is 11.9 Å². The maximum atomic E-state index is 12.9. The van der Waals surface area contributed by atoms with Gasteiger partial charge in [0.25, 0.3) is 0 Å². The van der Waals surface area contributed by atoms with Crippen LogP contribution in [0.15, 0.2) is 24.3 Å². The van der Waals surface area contributed by atoms with E-state index in [1.807, 2.05) is 17.0 Å². The second kappa shape index (κ2) is 6.90. The Bertz CT molecular complexity index is 585.